The van der Waals surface area contributed by atoms with Gasteiger partial charge in [-0.05, 0) is 40.5 Å². The molecule has 1 heteroatoms. The quantitative estimate of drug-likeness (QED) is 0.390. The van der Waals surface area contributed by atoms with Crippen LogP contribution >= 0.6 is 0 Å². The van der Waals surface area contributed by atoms with Crippen molar-refractivity contribution < 1.29 is 0 Å². The number of nitrogen functional groups attached to an aromatic ring is 1. The van der Waals surface area contributed by atoms with E-state index in [1.807, 2.05) is 6.07 Å². The van der Waals surface area contributed by atoms with E-state index in [4.69, 9.17) is 5.73 Å². The molecule has 0 saturated carbocycles. The molecule has 3 aromatic rings. The molecule has 0 heterocycles. The Morgan fingerprint density at radius 2 is 1.35 bits per heavy atom. The first-order valence-corrected chi connectivity index (χ1v) is 8.04. The van der Waals surface area contributed by atoms with Crippen molar-refractivity contribution >= 4 is 28.6 Å². The molecule has 0 fully saturated rings. The zero-order valence-corrected chi connectivity index (χ0v) is 13.0. The van der Waals surface area contributed by atoms with Gasteiger partial charge in [0.1, 0.15) is 0 Å². The van der Waals surface area contributed by atoms with Crippen molar-refractivity contribution in [3.05, 3.63) is 89.0 Å². The summed E-state index contributed by atoms with van der Waals surface area (Å²) in [5.74, 6) is 0. The minimum Gasteiger partial charge on any atom is -0.398 e. The van der Waals surface area contributed by atoms with Gasteiger partial charge in [-0.1, -0.05) is 78.9 Å². The zero-order valence-electron chi connectivity index (χ0n) is 13.0. The van der Waals surface area contributed by atoms with Crippen LogP contribution < -0.4 is 5.73 Å². The Morgan fingerprint density at radius 1 is 0.696 bits per heavy atom. The molecule has 1 nitrogen and oxygen atoms in total. The normalized spacial score (nSPS) is 13.6. The van der Waals surface area contributed by atoms with E-state index in [1.165, 1.54) is 27.6 Å². The second-order valence-corrected chi connectivity index (χ2v) is 5.95. The topological polar surface area (TPSA) is 26.0 Å². The summed E-state index contributed by atoms with van der Waals surface area (Å²) < 4.78 is 0. The average molecular weight is 297 g/mol. The lowest BCUT2D eigenvalue weighted by Crippen LogP contribution is -2.06. The standard InChI is InChI=1S/C22H19N/c23-22-20-12-6-4-10-17(20)19(18-11-5-7-13-21(18)22)15-14-16-8-2-1-3-9-16/h1-10,12,14-15H,11,13,23H2/b15-14+. The van der Waals surface area contributed by atoms with Crippen molar-refractivity contribution in [3.8, 4) is 0 Å². The molecule has 0 spiro atoms. The van der Waals surface area contributed by atoms with E-state index in [0.29, 0.717) is 0 Å². The van der Waals surface area contributed by atoms with Gasteiger partial charge < -0.3 is 5.73 Å². The summed E-state index contributed by atoms with van der Waals surface area (Å²) in [7, 11) is 0. The molecule has 0 aliphatic heterocycles. The summed E-state index contributed by atoms with van der Waals surface area (Å²) in [6.45, 7) is 0. The Balaban J connectivity index is 1.95. The Labute approximate surface area is 136 Å². The van der Waals surface area contributed by atoms with Gasteiger partial charge in [-0.3, -0.25) is 0 Å². The molecule has 0 atom stereocenters. The highest BCUT2D eigenvalue weighted by molar-refractivity contribution is 6.02. The maximum absolute atomic E-state index is 6.46. The van der Waals surface area contributed by atoms with Crippen LogP contribution in [-0.4, -0.2) is 0 Å². The first-order valence-electron chi connectivity index (χ1n) is 8.04. The number of benzene rings is 3. The zero-order chi connectivity index (χ0) is 15.6. The molecule has 4 rings (SSSR count). The molecular weight excluding hydrogens is 278 g/mol. The maximum atomic E-state index is 6.46. The molecule has 1 aliphatic carbocycles. The van der Waals surface area contributed by atoms with Crippen molar-refractivity contribution in [2.24, 2.45) is 0 Å². The van der Waals surface area contributed by atoms with Gasteiger partial charge >= 0.3 is 0 Å². The Hall–Kier alpha value is -2.80. The van der Waals surface area contributed by atoms with E-state index < -0.39 is 0 Å². The fraction of sp³-hybridized carbons (Fsp3) is 0.0909. The van der Waals surface area contributed by atoms with Crippen LogP contribution in [-0.2, 0) is 12.8 Å². The van der Waals surface area contributed by atoms with Gasteiger partial charge in [0.25, 0.3) is 0 Å². The lowest BCUT2D eigenvalue weighted by atomic mass is 9.86. The van der Waals surface area contributed by atoms with Crippen LogP contribution in [0.5, 0.6) is 0 Å². The molecule has 3 aromatic carbocycles. The van der Waals surface area contributed by atoms with E-state index in [-0.39, 0.29) is 0 Å². The van der Waals surface area contributed by atoms with E-state index in [0.717, 1.165) is 23.9 Å². The molecule has 0 radical (unpaired) electrons. The minimum atomic E-state index is 0.929. The number of hydrogen-bond acceptors (Lipinski definition) is 1. The molecule has 1 aliphatic rings. The number of hydrogen-bond donors (Lipinski definition) is 1. The highest BCUT2D eigenvalue weighted by Crippen LogP contribution is 2.36. The lowest BCUT2D eigenvalue weighted by Gasteiger charge is -2.20. The monoisotopic (exact) mass is 297 g/mol. The van der Waals surface area contributed by atoms with Gasteiger partial charge in [0.15, 0.2) is 0 Å². The molecule has 0 aromatic heterocycles. The van der Waals surface area contributed by atoms with Gasteiger partial charge in [-0.2, -0.15) is 0 Å². The first kappa shape index (κ1) is 13.8. The summed E-state index contributed by atoms with van der Waals surface area (Å²) in [5, 5.41) is 2.40. The van der Waals surface area contributed by atoms with Gasteiger partial charge in [-0.25, -0.2) is 0 Å². The largest absolute Gasteiger partial charge is 0.398 e. The predicted octanol–water partition coefficient (Wildman–Crippen LogP) is 5.25. The predicted molar refractivity (Wildman–Crippen MR) is 100 cm³/mol. The molecular formula is C22H19N. The first-order chi connectivity index (χ1) is 11.3. The summed E-state index contributed by atoms with van der Waals surface area (Å²) >= 11 is 0. The summed E-state index contributed by atoms with van der Waals surface area (Å²) in [6.07, 6.45) is 10.8. The smallest absolute Gasteiger partial charge is 0.0432 e. The third kappa shape index (κ3) is 2.44. The number of rotatable bonds is 2. The van der Waals surface area contributed by atoms with Gasteiger partial charge in [0.2, 0.25) is 0 Å². The maximum Gasteiger partial charge on any atom is 0.0432 e. The molecule has 2 N–H and O–H groups in total. The molecule has 0 bridgehead atoms. The highest BCUT2D eigenvalue weighted by atomic mass is 14.6. The second-order valence-electron chi connectivity index (χ2n) is 5.95. The number of anilines is 1. The lowest BCUT2D eigenvalue weighted by molar-refractivity contribution is 1.10. The second kappa shape index (κ2) is 5.77. The van der Waals surface area contributed by atoms with Gasteiger partial charge in [0.05, 0.1) is 0 Å². The van der Waals surface area contributed by atoms with E-state index in [1.54, 1.807) is 0 Å². The number of fused-ring (bicyclic) bond motifs is 2. The molecule has 0 amide bonds. The van der Waals surface area contributed by atoms with Crippen LogP contribution in [0, 0.1) is 0 Å². The fourth-order valence-electron chi connectivity index (χ4n) is 3.41. The Kier molecular flexibility index (Phi) is 3.47. The minimum absolute atomic E-state index is 0.929. The van der Waals surface area contributed by atoms with Crippen LogP contribution in [0.2, 0.25) is 0 Å². The van der Waals surface area contributed by atoms with E-state index >= 15 is 0 Å². The third-order valence-electron chi connectivity index (χ3n) is 4.57. The SMILES string of the molecule is Nc1c2c(c(/C=C/c3ccccc3)c3ccccc13)CC=CC2. The van der Waals surface area contributed by atoms with Crippen molar-refractivity contribution in [1.29, 1.82) is 0 Å². The van der Waals surface area contributed by atoms with Gasteiger partial charge in [0, 0.05) is 11.1 Å². The highest BCUT2D eigenvalue weighted by Gasteiger charge is 2.16. The van der Waals surface area contributed by atoms with Gasteiger partial charge in [-0.15, -0.1) is 0 Å². The van der Waals surface area contributed by atoms with Crippen molar-refractivity contribution in [3.63, 3.8) is 0 Å². The number of nitrogens with two attached hydrogens (primary N) is 1. The van der Waals surface area contributed by atoms with Crippen LogP contribution in [0.4, 0.5) is 5.69 Å². The third-order valence-corrected chi connectivity index (χ3v) is 4.57. The molecule has 112 valence electrons. The van der Waals surface area contributed by atoms with Crippen LogP contribution in [0.15, 0.2) is 66.7 Å². The van der Waals surface area contributed by atoms with E-state index in [2.05, 4.69) is 72.8 Å². The summed E-state index contributed by atoms with van der Waals surface area (Å²) in [6, 6.07) is 18.9. The number of allylic oxidation sites excluding steroid dienone is 2. The van der Waals surface area contributed by atoms with Crippen LogP contribution in [0.25, 0.3) is 22.9 Å². The van der Waals surface area contributed by atoms with E-state index in [9.17, 15) is 0 Å². The Bertz CT molecular complexity index is 918. The fourth-order valence-corrected chi connectivity index (χ4v) is 3.41. The van der Waals surface area contributed by atoms with Crippen LogP contribution in [0.3, 0.4) is 0 Å². The molecule has 23 heavy (non-hydrogen) atoms. The average Bonchev–Trinajstić information content (AvgIpc) is 2.63. The Morgan fingerprint density at radius 3 is 2.13 bits per heavy atom. The van der Waals surface area contributed by atoms with Crippen molar-refractivity contribution in [2.45, 2.75) is 12.8 Å². The molecule has 0 saturated heterocycles. The molecule has 0 unspecified atom stereocenters. The van der Waals surface area contributed by atoms with Crippen molar-refractivity contribution in [2.75, 3.05) is 5.73 Å². The summed E-state index contributed by atoms with van der Waals surface area (Å²) in [5.41, 5.74) is 12.6. The van der Waals surface area contributed by atoms with Crippen molar-refractivity contribution in [1.82, 2.24) is 0 Å². The summed E-state index contributed by atoms with van der Waals surface area (Å²) in [4.78, 5) is 0. The van der Waals surface area contributed by atoms with Crippen LogP contribution in [0.1, 0.15) is 22.3 Å².